The molecule has 1 aromatic carbocycles. The zero-order chi connectivity index (χ0) is 14.6. The van der Waals surface area contributed by atoms with Gasteiger partial charge in [0, 0.05) is 34.9 Å². The minimum Gasteiger partial charge on any atom is -0.309 e. The highest BCUT2D eigenvalue weighted by atomic mass is 32.2. The Morgan fingerprint density at radius 3 is 2.37 bits per heavy atom. The molecule has 1 aromatic rings. The molecule has 1 N–H and O–H groups in total. The minimum atomic E-state index is -4.36. The summed E-state index contributed by atoms with van der Waals surface area (Å²) in [5, 5.41) is 2.90. The maximum atomic E-state index is 12.9. The maximum Gasteiger partial charge on any atom is 0.416 e. The molecule has 3 atom stereocenters. The predicted molar refractivity (Wildman–Crippen MR) is 71.4 cm³/mol. The smallest absolute Gasteiger partial charge is 0.309 e. The molecule has 19 heavy (non-hydrogen) atoms. The van der Waals surface area contributed by atoms with Crippen molar-refractivity contribution in [1.82, 2.24) is 5.32 Å². The van der Waals surface area contributed by atoms with Gasteiger partial charge in [-0.1, -0.05) is 18.2 Å². The van der Waals surface area contributed by atoms with E-state index >= 15 is 0 Å². The van der Waals surface area contributed by atoms with Gasteiger partial charge in [0.25, 0.3) is 0 Å². The van der Waals surface area contributed by atoms with Crippen LogP contribution in [0.4, 0.5) is 13.2 Å². The Balaban J connectivity index is 2.83. The summed E-state index contributed by atoms with van der Waals surface area (Å²) in [6.45, 7) is 3.89. The third-order valence-electron chi connectivity index (χ3n) is 3.01. The van der Waals surface area contributed by atoms with Gasteiger partial charge >= 0.3 is 6.18 Å². The van der Waals surface area contributed by atoms with Crippen molar-refractivity contribution < 1.29 is 17.4 Å². The van der Waals surface area contributed by atoms with E-state index in [0.29, 0.717) is 6.54 Å². The number of rotatable bonds is 5. The molecule has 0 aliphatic rings. The number of hydrogen-bond acceptors (Lipinski definition) is 2. The van der Waals surface area contributed by atoms with Crippen LogP contribution in [0.3, 0.4) is 0 Å². The highest BCUT2D eigenvalue weighted by Gasteiger charge is 2.34. The monoisotopic (exact) mass is 293 g/mol. The van der Waals surface area contributed by atoms with Crippen LogP contribution in [-0.2, 0) is 17.0 Å². The van der Waals surface area contributed by atoms with Gasteiger partial charge < -0.3 is 5.32 Å². The second-order valence-electron chi connectivity index (χ2n) is 4.52. The maximum absolute atomic E-state index is 12.9. The van der Waals surface area contributed by atoms with Gasteiger partial charge in [-0.15, -0.1) is 0 Å². The Morgan fingerprint density at radius 2 is 1.84 bits per heavy atom. The van der Waals surface area contributed by atoms with Gasteiger partial charge in [-0.25, -0.2) is 0 Å². The first-order valence-electron chi connectivity index (χ1n) is 5.95. The number of benzene rings is 1. The molecule has 0 saturated carbocycles. The van der Waals surface area contributed by atoms with E-state index < -0.39 is 28.6 Å². The van der Waals surface area contributed by atoms with E-state index in [1.807, 2.05) is 0 Å². The quantitative estimate of drug-likeness (QED) is 0.903. The molecule has 1 rings (SSSR count). The molecular formula is C13H18F3NOS. The zero-order valence-corrected chi connectivity index (χ0v) is 11.9. The van der Waals surface area contributed by atoms with Crippen LogP contribution >= 0.6 is 0 Å². The van der Waals surface area contributed by atoms with Gasteiger partial charge in [-0.3, -0.25) is 4.21 Å². The highest BCUT2D eigenvalue weighted by molar-refractivity contribution is 7.84. The zero-order valence-electron chi connectivity index (χ0n) is 11.1. The summed E-state index contributed by atoms with van der Waals surface area (Å²) >= 11 is 0. The average molecular weight is 293 g/mol. The van der Waals surface area contributed by atoms with Crippen LogP contribution < -0.4 is 5.32 Å². The standard InChI is InChI=1S/C13H18F3NOS/c1-9(19(3)18)8-17-10(2)11-6-4-5-7-12(11)13(14,15)16/h4-7,9-10,17H,8H2,1-3H3. The minimum absolute atomic E-state index is 0.0968. The van der Waals surface area contributed by atoms with Gasteiger partial charge in [0.05, 0.1) is 5.56 Å². The van der Waals surface area contributed by atoms with Gasteiger partial charge in [-0.2, -0.15) is 13.2 Å². The molecule has 0 bridgehead atoms. The topological polar surface area (TPSA) is 29.1 Å². The van der Waals surface area contributed by atoms with E-state index in [-0.39, 0.29) is 10.8 Å². The lowest BCUT2D eigenvalue weighted by atomic mass is 10.0. The van der Waals surface area contributed by atoms with E-state index in [0.717, 1.165) is 6.07 Å². The van der Waals surface area contributed by atoms with Crippen LogP contribution in [0.25, 0.3) is 0 Å². The number of nitrogens with one attached hydrogen (secondary N) is 1. The molecule has 0 saturated heterocycles. The molecule has 0 aromatic heterocycles. The molecule has 108 valence electrons. The number of halogens is 3. The van der Waals surface area contributed by atoms with E-state index in [4.69, 9.17) is 0 Å². The largest absolute Gasteiger partial charge is 0.416 e. The SMILES string of the molecule is CC(NCC(C)S(C)=O)c1ccccc1C(F)(F)F. The molecule has 2 nitrogen and oxygen atoms in total. The summed E-state index contributed by atoms with van der Waals surface area (Å²) in [5.74, 6) is 0. The lowest BCUT2D eigenvalue weighted by Gasteiger charge is -2.20. The Morgan fingerprint density at radius 1 is 1.26 bits per heavy atom. The molecule has 0 amide bonds. The van der Waals surface area contributed by atoms with Crippen molar-refractivity contribution in [2.45, 2.75) is 31.3 Å². The molecule has 0 heterocycles. The Kier molecular flexibility index (Phi) is 5.55. The Bertz CT molecular complexity index is 448. The van der Waals surface area contributed by atoms with E-state index in [1.165, 1.54) is 12.1 Å². The fraction of sp³-hybridized carbons (Fsp3) is 0.538. The molecule has 0 spiro atoms. The van der Waals surface area contributed by atoms with Crippen LogP contribution in [0.5, 0.6) is 0 Å². The Hall–Kier alpha value is -0.880. The summed E-state index contributed by atoms with van der Waals surface area (Å²) in [6, 6.07) is 5.07. The first kappa shape index (κ1) is 16.2. The van der Waals surface area contributed by atoms with Crippen LogP contribution in [0.15, 0.2) is 24.3 Å². The first-order valence-corrected chi connectivity index (χ1v) is 7.57. The second kappa shape index (κ2) is 6.52. The van der Waals surface area contributed by atoms with Gasteiger partial charge in [0.1, 0.15) is 0 Å². The summed E-state index contributed by atoms with van der Waals surface area (Å²) in [5.41, 5.74) is -0.413. The lowest BCUT2D eigenvalue weighted by Crippen LogP contribution is -2.30. The van der Waals surface area contributed by atoms with Crippen molar-refractivity contribution in [3.63, 3.8) is 0 Å². The van der Waals surface area contributed by atoms with E-state index in [1.54, 1.807) is 26.2 Å². The van der Waals surface area contributed by atoms with Crippen molar-refractivity contribution in [3.05, 3.63) is 35.4 Å². The van der Waals surface area contributed by atoms with Crippen molar-refractivity contribution in [1.29, 1.82) is 0 Å². The van der Waals surface area contributed by atoms with Crippen molar-refractivity contribution >= 4 is 10.8 Å². The van der Waals surface area contributed by atoms with Crippen LogP contribution in [0.1, 0.15) is 31.0 Å². The van der Waals surface area contributed by atoms with Crippen molar-refractivity contribution in [3.8, 4) is 0 Å². The van der Waals surface area contributed by atoms with E-state index in [9.17, 15) is 17.4 Å². The lowest BCUT2D eigenvalue weighted by molar-refractivity contribution is -0.138. The molecule has 0 aliphatic heterocycles. The fourth-order valence-corrected chi connectivity index (χ4v) is 2.03. The third-order valence-corrected chi connectivity index (χ3v) is 4.31. The predicted octanol–water partition coefficient (Wildman–Crippen LogP) is 3.12. The highest BCUT2D eigenvalue weighted by Crippen LogP contribution is 2.34. The molecule has 0 aliphatic carbocycles. The van der Waals surface area contributed by atoms with Gasteiger partial charge in [0.2, 0.25) is 0 Å². The average Bonchev–Trinajstić information content (AvgIpc) is 2.34. The molecule has 3 unspecified atom stereocenters. The third kappa shape index (κ3) is 4.62. The molecular weight excluding hydrogens is 275 g/mol. The summed E-state index contributed by atoms with van der Waals surface area (Å²) < 4.78 is 49.8. The molecule has 0 radical (unpaired) electrons. The van der Waals surface area contributed by atoms with Crippen LogP contribution in [0.2, 0.25) is 0 Å². The number of alkyl halides is 3. The summed E-state index contributed by atoms with van der Waals surface area (Å²) in [4.78, 5) is 0. The van der Waals surface area contributed by atoms with Crippen molar-refractivity contribution in [2.75, 3.05) is 12.8 Å². The fourth-order valence-electron chi connectivity index (χ4n) is 1.70. The number of hydrogen-bond donors (Lipinski definition) is 1. The summed E-state index contributed by atoms with van der Waals surface area (Å²) in [6.07, 6.45) is -2.77. The van der Waals surface area contributed by atoms with Crippen molar-refractivity contribution in [2.24, 2.45) is 0 Å². The Labute approximate surface area is 113 Å². The van der Waals surface area contributed by atoms with Gasteiger partial charge in [-0.05, 0) is 25.5 Å². The van der Waals surface area contributed by atoms with Gasteiger partial charge in [0.15, 0.2) is 0 Å². The normalized spacial score (nSPS) is 16.9. The molecule has 0 fully saturated rings. The van der Waals surface area contributed by atoms with Crippen LogP contribution in [0, 0.1) is 0 Å². The summed E-state index contributed by atoms with van der Waals surface area (Å²) in [7, 11) is -0.990. The second-order valence-corrected chi connectivity index (χ2v) is 6.33. The van der Waals surface area contributed by atoms with Crippen LogP contribution in [-0.4, -0.2) is 22.3 Å². The van der Waals surface area contributed by atoms with E-state index in [2.05, 4.69) is 5.32 Å². The first-order chi connectivity index (χ1) is 8.73. The molecule has 6 heteroatoms.